The predicted molar refractivity (Wildman–Crippen MR) is 62.1 cm³/mol. The molecule has 2 rings (SSSR count). The number of rotatable bonds is 5. The molecule has 2 heterocycles. The van der Waals surface area contributed by atoms with Crippen LogP contribution in [0.25, 0.3) is 0 Å². The molecule has 1 saturated heterocycles. The first-order valence-corrected chi connectivity index (χ1v) is 5.97. The lowest BCUT2D eigenvalue weighted by Gasteiger charge is -2.33. The summed E-state index contributed by atoms with van der Waals surface area (Å²) in [5.74, 6) is 1.05. The Morgan fingerprint density at radius 3 is 2.81 bits per heavy atom. The molecule has 2 N–H and O–H groups in total. The molecule has 0 aliphatic carbocycles. The number of nitrogens with zero attached hydrogens (tertiary/aromatic N) is 1. The van der Waals surface area contributed by atoms with Gasteiger partial charge in [-0.25, -0.2) is 0 Å². The van der Waals surface area contributed by atoms with E-state index in [1.807, 2.05) is 6.07 Å². The number of furan rings is 1. The third kappa shape index (κ3) is 2.84. The van der Waals surface area contributed by atoms with E-state index in [-0.39, 0.29) is 0 Å². The van der Waals surface area contributed by atoms with Gasteiger partial charge in [0.05, 0.1) is 25.5 Å². The highest BCUT2D eigenvalue weighted by atomic mass is 16.5. The van der Waals surface area contributed by atoms with Crippen molar-refractivity contribution in [3.63, 3.8) is 0 Å². The van der Waals surface area contributed by atoms with Crippen molar-refractivity contribution >= 4 is 0 Å². The molecule has 0 spiro atoms. The fourth-order valence-corrected chi connectivity index (χ4v) is 2.19. The van der Waals surface area contributed by atoms with E-state index >= 15 is 0 Å². The van der Waals surface area contributed by atoms with E-state index in [0.29, 0.717) is 6.04 Å². The Balaban J connectivity index is 2.01. The summed E-state index contributed by atoms with van der Waals surface area (Å²) in [6.45, 7) is 4.34. The van der Waals surface area contributed by atoms with Crippen molar-refractivity contribution in [3.05, 3.63) is 24.2 Å². The highest BCUT2D eigenvalue weighted by molar-refractivity contribution is 5.05. The summed E-state index contributed by atoms with van der Waals surface area (Å²) in [6, 6.07) is 4.37. The van der Waals surface area contributed by atoms with Crippen LogP contribution in [0.5, 0.6) is 0 Å². The first kappa shape index (κ1) is 11.6. The first-order chi connectivity index (χ1) is 7.92. The summed E-state index contributed by atoms with van der Waals surface area (Å²) in [4.78, 5) is 2.43. The Morgan fingerprint density at radius 2 is 2.19 bits per heavy atom. The van der Waals surface area contributed by atoms with Gasteiger partial charge in [0, 0.05) is 13.1 Å². The van der Waals surface area contributed by atoms with Crippen molar-refractivity contribution in [2.45, 2.75) is 18.9 Å². The van der Waals surface area contributed by atoms with E-state index in [4.69, 9.17) is 14.9 Å². The minimum Gasteiger partial charge on any atom is -0.468 e. The molecule has 1 aromatic rings. The van der Waals surface area contributed by atoms with Crippen molar-refractivity contribution in [3.8, 4) is 0 Å². The zero-order chi connectivity index (χ0) is 11.2. The predicted octanol–water partition coefficient (Wildman–Crippen LogP) is 1.39. The van der Waals surface area contributed by atoms with Gasteiger partial charge in [0.15, 0.2) is 0 Å². The third-order valence-corrected chi connectivity index (χ3v) is 3.04. The van der Waals surface area contributed by atoms with Crippen molar-refractivity contribution < 1.29 is 9.15 Å². The van der Waals surface area contributed by atoms with E-state index in [0.717, 1.165) is 51.4 Å². The molecule has 90 valence electrons. The summed E-state index contributed by atoms with van der Waals surface area (Å²) >= 11 is 0. The van der Waals surface area contributed by atoms with Gasteiger partial charge in [-0.15, -0.1) is 0 Å². The van der Waals surface area contributed by atoms with E-state index in [1.54, 1.807) is 6.26 Å². The minimum absolute atomic E-state index is 0.363. The SMILES string of the molecule is NCCCC(c1ccco1)N1CCOCC1. The summed E-state index contributed by atoms with van der Waals surface area (Å²) in [6.07, 6.45) is 3.83. The van der Waals surface area contributed by atoms with E-state index < -0.39 is 0 Å². The number of ether oxygens (including phenoxy) is 1. The van der Waals surface area contributed by atoms with Crippen LogP contribution in [0.4, 0.5) is 0 Å². The Morgan fingerprint density at radius 1 is 1.38 bits per heavy atom. The molecule has 0 amide bonds. The van der Waals surface area contributed by atoms with Crippen molar-refractivity contribution in [1.29, 1.82) is 0 Å². The minimum atomic E-state index is 0.363. The topological polar surface area (TPSA) is 51.6 Å². The lowest BCUT2D eigenvalue weighted by molar-refractivity contribution is 0.00927. The van der Waals surface area contributed by atoms with Gasteiger partial charge in [0.2, 0.25) is 0 Å². The molecule has 4 nitrogen and oxygen atoms in total. The van der Waals surface area contributed by atoms with Crippen LogP contribution in [0.3, 0.4) is 0 Å². The van der Waals surface area contributed by atoms with Crippen LogP contribution in [0.2, 0.25) is 0 Å². The molecule has 16 heavy (non-hydrogen) atoms. The van der Waals surface area contributed by atoms with Gasteiger partial charge in [-0.1, -0.05) is 0 Å². The largest absolute Gasteiger partial charge is 0.468 e. The fraction of sp³-hybridized carbons (Fsp3) is 0.667. The van der Waals surface area contributed by atoms with Gasteiger partial charge in [0.1, 0.15) is 5.76 Å². The average Bonchev–Trinajstić information content (AvgIpc) is 2.85. The molecule has 0 aromatic carbocycles. The van der Waals surface area contributed by atoms with Crippen molar-refractivity contribution in [1.82, 2.24) is 4.90 Å². The van der Waals surface area contributed by atoms with Crippen LogP contribution >= 0.6 is 0 Å². The molecule has 0 radical (unpaired) electrons. The maximum absolute atomic E-state index is 5.59. The number of nitrogens with two attached hydrogens (primary N) is 1. The molecule has 1 atom stereocenters. The smallest absolute Gasteiger partial charge is 0.120 e. The molecule has 0 saturated carbocycles. The Hall–Kier alpha value is -0.840. The van der Waals surface area contributed by atoms with Crippen LogP contribution in [0.1, 0.15) is 24.6 Å². The van der Waals surface area contributed by atoms with Crippen LogP contribution in [-0.2, 0) is 4.74 Å². The normalized spacial score (nSPS) is 19.8. The highest BCUT2D eigenvalue weighted by Crippen LogP contribution is 2.26. The molecular formula is C12H20N2O2. The Kier molecular flexibility index (Phi) is 4.39. The van der Waals surface area contributed by atoms with Gasteiger partial charge in [0.25, 0.3) is 0 Å². The van der Waals surface area contributed by atoms with Gasteiger partial charge in [-0.3, -0.25) is 4.90 Å². The molecule has 0 bridgehead atoms. The zero-order valence-electron chi connectivity index (χ0n) is 9.60. The standard InChI is InChI=1S/C12H20N2O2/c13-5-1-3-11(12-4-2-8-16-12)14-6-9-15-10-7-14/h2,4,8,11H,1,3,5-7,9-10,13H2. The third-order valence-electron chi connectivity index (χ3n) is 3.04. The highest BCUT2D eigenvalue weighted by Gasteiger charge is 2.23. The molecule has 1 fully saturated rings. The average molecular weight is 224 g/mol. The quantitative estimate of drug-likeness (QED) is 0.821. The summed E-state index contributed by atoms with van der Waals surface area (Å²) in [7, 11) is 0. The number of morpholine rings is 1. The molecule has 1 aliphatic heterocycles. The number of hydrogen-bond acceptors (Lipinski definition) is 4. The van der Waals surface area contributed by atoms with Gasteiger partial charge in [-0.05, 0) is 31.5 Å². The molecule has 1 aromatic heterocycles. The second kappa shape index (κ2) is 6.03. The second-order valence-corrected chi connectivity index (χ2v) is 4.11. The van der Waals surface area contributed by atoms with Crippen molar-refractivity contribution in [2.24, 2.45) is 5.73 Å². The van der Waals surface area contributed by atoms with Gasteiger partial charge in [-0.2, -0.15) is 0 Å². The van der Waals surface area contributed by atoms with Crippen LogP contribution in [-0.4, -0.2) is 37.7 Å². The Labute approximate surface area is 96.4 Å². The summed E-state index contributed by atoms with van der Waals surface area (Å²) in [5, 5.41) is 0. The first-order valence-electron chi connectivity index (χ1n) is 5.97. The monoisotopic (exact) mass is 224 g/mol. The van der Waals surface area contributed by atoms with Crippen molar-refractivity contribution in [2.75, 3.05) is 32.8 Å². The van der Waals surface area contributed by atoms with Crippen LogP contribution in [0, 0.1) is 0 Å². The van der Waals surface area contributed by atoms with E-state index in [1.165, 1.54) is 0 Å². The van der Waals surface area contributed by atoms with Crippen LogP contribution in [0.15, 0.2) is 22.8 Å². The maximum Gasteiger partial charge on any atom is 0.120 e. The summed E-state index contributed by atoms with van der Waals surface area (Å²) < 4.78 is 10.9. The fourth-order valence-electron chi connectivity index (χ4n) is 2.19. The number of hydrogen-bond donors (Lipinski definition) is 1. The zero-order valence-corrected chi connectivity index (χ0v) is 9.60. The van der Waals surface area contributed by atoms with Crippen LogP contribution < -0.4 is 5.73 Å². The van der Waals surface area contributed by atoms with E-state index in [9.17, 15) is 0 Å². The summed E-state index contributed by atoms with van der Waals surface area (Å²) in [5.41, 5.74) is 5.59. The maximum atomic E-state index is 5.59. The second-order valence-electron chi connectivity index (χ2n) is 4.11. The lowest BCUT2D eigenvalue weighted by atomic mass is 10.1. The van der Waals surface area contributed by atoms with E-state index in [2.05, 4.69) is 11.0 Å². The molecule has 1 unspecified atom stereocenters. The van der Waals surface area contributed by atoms with Gasteiger partial charge < -0.3 is 14.9 Å². The molecule has 4 heteroatoms. The molecule has 1 aliphatic rings. The Bertz CT molecular complexity index is 281. The molecular weight excluding hydrogens is 204 g/mol. The van der Waals surface area contributed by atoms with Gasteiger partial charge >= 0.3 is 0 Å². The lowest BCUT2D eigenvalue weighted by Crippen LogP contribution is -2.39.